The van der Waals surface area contributed by atoms with Crippen LogP contribution in [0.25, 0.3) is 0 Å². The van der Waals surface area contributed by atoms with Gasteiger partial charge < -0.3 is 9.63 Å². The summed E-state index contributed by atoms with van der Waals surface area (Å²) in [4.78, 5) is 0. The summed E-state index contributed by atoms with van der Waals surface area (Å²) in [5.41, 5.74) is -0.217. The first-order valence-electron chi connectivity index (χ1n) is 5.18. The van der Waals surface area contributed by atoms with Crippen LogP contribution in [0.3, 0.4) is 0 Å². The maximum absolute atomic E-state index is 10.3. The molecule has 0 aromatic heterocycles. The van der Waals surface area contributed by atoms with Crippen LogP contribution in [-0.2, 0) is 4.52 Å². The topological polar surface area (TPSA) is 29.5 Å². The Balaban J connectivity index is 2.31. The van der Waals surface area contributed by atoms with Gasteiger partial charge in [0.25, 0.3) is 0 Å². The third-order valence-corrected chi connectivity index (χ3v) is 5.00. The minimum Gasteiger partial charge on any atom is -0.383 e. The van der Waals surface area contributed by atoms with E-state index in [0.29, 0.717) is 6.42 Å². The number of hydrogen-bond acceptors (Lipinski definition) is 2. The molecule has 2 nitrogen and oxygen atoms in total. The van der Waals surface area contributed by atoms with Gasteiger partial charge in [0, 0.05) is 11.7 Å². The Morgan fingerprint density at radius 3 is 2.27 bits per heavy atom. The number of rotatable bonds is 1. The van der Waals surface area contributed by atoms with E-state index in [1.165, 1.54) is 0 Å². The van der Waals surface area contributed by atoms with Crippen LogP contribution in [0.15, 0.2) is 30.3 Å². The van der Waals surface area contributed by atoms with Gasteiger partial charge in [0.1, 0.15) is 5.34 Å². The van der Waals surface area contributed by atoms with Crippen LogP contribution in [0, 0.1) is 0 Å². The Hall–Kier alpha value is -0.430. The highest BCUT2D eigenvalue weighted by Crippen LogP contribution is 2.60. The molecule has 2 atom stereocenters. The minimum absolute atomic E-state index is 0.217. The summed E-state index contributed by atoms with van der Waals surface area (Å²) in [6.45, 7) is 5.94. The molecule has 0 spiro atoms. The molecule has 1 N–H and O–H groups in total. The molecule has 0 radical (unpaired) electrons. The Morgan fingerprint density at radius 1 is 1.20 bits per heavy atom. The third-order valence-electron chi connectivity index (χ3n) is 2.53. The molecule has 1 aromatic carbocycles. The Labute approximate surface area is 92.1 Å². The average Bonchev–Trinajstić information content (AvgIpc) is 2.36. The fraction of sp³-hybridized carbons (Fsp3) is 0.500. The van der Waals surface area contributed by atoms with Crippen LogP contribution in [-0.4, -0.2) is 16.0 Å². The summed E-state index contributed by atoms with van der Waals surface area (Å²) >= 11 is 0. The van der Waals surface area contributed by atoms with Crippen molar-refractivity contribution in [2.75, 3.05) is 0 Å². The van der Waals surface area contributed by atoms with Crippen molar-refractivity contribution >= 4 is 13.5 Å². The predicted molar refractivity (Wildman–Crippen MR) is 63.4 cm³/mol. The minimum atomic E-state index is -0.916. The maximum atomic E-state index is 10.3. The summed E-state index contributed by atoms with van der Waals surface area (Å²) < 4.78 is 5.96. The lowest BCUT2D eigenvalue weighted by molar-refractivity contribution is 0.0933. The zero-order chi connectivity index (χ0) is 11.1. The fourth-order valence-electron chi connectivity index (χ4n) is 2.15. The summed E-state index contributed by atoms with van der Waals surface area (Å²) in [5, 5.41) is 10.8. The van der Waals surface area contributed by atoms with E-state index < -0.39 is 13.5 Å². The first-order valence-corrected chi connectivity index (χ1v) is 6.43. The highest BCUT2D eigenvalue weighted by Gasteiger charge is 2.48. The summed E-state index contributed by atoms with van der Waals surface area (Å²) in [7, 11) is -0.916. The molecule has 0 bridgehead atoms. The second-order valence-electron chi connectivity index (χ2n) is 4.87. The molecule has 1 aliphatic heterocycles. The van der Waals surface area contributed by atoms with Crippen molar-refractivity contribution in [3.63, 3.8) is 0 Å². The van der Waals surface area contributed by atoms with Crippen LogP contribution in [0.5, 0.6) is 0 Å². The lowest BCUT2D eigenvalue weighted by Gasteiger charge is -2.23. The zero-order valence-electron chi connectivity index (χ0n) is 9.40. The monoisotopic (exact) mass is 224 g/mol. The molecule has 1 heterocycles. The van der Waals surface area contributed by atoms with E-state index in [-0.39, 0.29) is 5.60 Å². The molecule has 3 heteroatoms. The van der Waals surface area contributed by atoms with Gasteiger partial charge in [-0.15, -0.1) is 0 Å². The second kappa shape index (κ2) is 3.55. The number of benzene rings is 1. The third kappa shape index (κ3) is 2.23. The standard InChI is InChI=1S/C12H17O2P/c1-11(2)9-12(3,13)15(14-11)10-7-5-4-6-8-10/h4-8,13H,9H2,1-3H3/t12-,15?/m1/s1. The van der Waals surface area contributed by atoms with Crippen LogP contribution < -0.4 is 5.30 Å². The lowest BCUT2D eigenvalue weighted by Crippen LogP contribution is -2.25. The van der Waals surface area contributed by atoms with Crippen molar-refractivity contribution in [2.24, 2.45) is 0 Å². The van der Waals surface area contributed by atoms with E-state index in [2.05, 4.69) is 0 Å². The van der Waals surface area contributed by atoms with Crippen molar-refractivity contribution < 1.29 is 9.63 Å². The highest BCUT2D eigenvalue weighted by atomic mass is 31.1. The van der Waals surface area contributed by atoms with Crippen molar-refractivity contribution in [2.45, 2.75) is 38.1 Å². The molecule has 2 rings (SSSR count). The van der Waals surface area contributed by atoms with Crippen molar-refractivity contribution in [3.8, 4) is 0 Å². The summed E-state index contributed by atoms with van der Waals surface area (Å²) in [5.74, 6) is 0. The summed E-state index contributed by atoms with van der Waals surface area (Å²) in [6, 6.07) is 10.0. The molecule has 1 unspecified atom stereocenters. The van der Waals surface area contributed by atoms with Crippen LogP contribution in [0.1, 0.15) is 27.2 Å². The molecule has 0 saturated carbocycles. The maximum Gasteiger partial charge on any atom is 0.112 e. The Kier molecular flexibility index (Phi) is 2.62. The number of aliphatic hydroxyl groups is 1. The molecule has 0 aliphatic carbocycles. The van der Waals surface area contributed by atoms with E-state index >= 15 is 0 Å². The average molecular weight is 224 g/mol. The molecule has 1 saturated heterocycles. The molecule has 0 amide bonds. The molecule has 1 fully saturated rings. The molecule has 1 aromatic rings. The predicted octanol–water partition coefficient (Wildman–Crippen LogP) is 2.62. The summed E-state index contributed by atoms with van der Waals surface area (Å²) in [6.07, 6.45) is 0.695. The van der Waals surface area contributed by atoms with E-state index in [1.807, 2.05) is 51.1 Å². The highest BCUT2D eigenvalue weighted by molar-refractivity contribution is 7.62. The second-order valence-corrected chi connectivity index (χ2v) is 7.13. The van der Waals surface area contributed by atoms with E-state index in [9.17, 15) is 5.11 Å². The molecule has 82 valence electrons. The normalized spacial score (nSPS) is 34.3. The molecule has 1 aliphatic rings. The molecular formula is C12H17O2P. The van der Waals surface area contributed by atoms with E-state index in [1.54, 1.807) is 0 Å². The quantitative estimate of drug-likeness (QED) is 0.743. The van der Waals surface area contributed by atoms with Gasteiger partial charge in [0.15, 0.2) is 0 Å². The van der Waals surface area contributed by atoms with Crippen molar-refractivity contribution in [3.05, 3.63) is 30.3 Å². The zero-order valence-corrected chi connectivity index (χ0v) is 10.3. The van der Waals surface area contributed by atoms with Crippen LogP contribution in [0.4, 0.5) is 0 Å². The lowest BCUT2D eigenvalue weighted by atomic mass is 10.0. The first kappa shape index (κ1) is 11.1. The SMILES string of the molecule is CC1(C)C[C@](C)(O)P(c2ccccc2)O1. The molecular weight excluding hydrogens is 207 g/mol. The van der Waals surface area contributed by atoms with Gasteiger partial charge >= 0.3 is 0 Å². The van der Waals surface area contributed by atoms with Crippen molar-refractivity contribution in [1.82, 2.24) is 0 Å². The van der Waals surface area contributed by atoms with Crippen LogP contribution >= 0.6 is 8.15 Å². The van der Waals surface area contributed by atoms with E-state index in [0.717, 1.165) is 5.30 Å². The van der Waals surface area contributed by atoms with Gasteiger partial charge in [-0.2, -0.15) is 0 Å². The Bertz CT molecular complexity index is 346. The van der Waals surface area contributed by atoms with Gasteiger partial charge in [0.05, 0.1) is 13.7 Å². The Morgan fingerprint density at radius 2 is 1.80 bits per heavy atom. The van der Waals surface area contributed by atoms with E-state index in [4.69, 9.17) is 4.52 Å². The van der Waals surface area contributed by atoms with Gasteiger partial charge in [-0.05, 0) is 20.8 Å². The smallest absolute Gasteiger partial charge is 0.112 e. The fourth-order valence-corrected chi connectivity index (χ4v) is 4.53. The largest absolute Gasteiger partial charge is 0.383 e. The van der Waals surface area contributed by atoms with Gasteiger partial charge in [0.2, 0.25) is 0 Å². The first-order chi connectivity index (χ1) is 6.91. The molecule has 15 heavy (non-hydrogen) atoms. The number of hydrogen-bond donors (Lipinski definition) is 1. The van der Waals surface area contributed by atoms with Gasteiger partial charge in [-0.25, -0.2) is 0 Å². The van der Waals surface area contributed by atoms with Gasteiger partial charge in [-0.3, -0.25) is 0 Å². The van der Waals surface area contributed by atoms with Crippen molar-refractivity contribution in [1.29, 1.82) is 0 Å². The van der Waals surface area contributed by atoms with Gasteiger partial charge in [-0.1, -0.05) is 30.3 Å². The van der Waals surface area contributed by atoms with Crippen LogP contribution in [0.2, 0.25) is 0 Å².